The molecule has 1 amide bonds. The molecule has 0 bridgehead atoms. The van der Waals surface area contributed by atoms with Gasteiger partial charge >= 0.3 is 5.97 Å². The van der Waals surface area contributed by atoms with Crippen molar-refractivity contribution in [2.24, 2.45) is 11.7 Å². The summed E-state index contributed by atoms with van der Waals surface area (Å²) in [6, 6.07) is 6.77. The van der Waals surface area contributed by atoms with Crippen LogP contribution >= 0.6 is 0 Å². The van der Waals surface area contributed by atoms with Gasteiger partial charge in [-0.1, -0.05) is 12.1 Å². The second-order valence-electron chi connectivity index (χ2n) is 4.60. The molecule has 5 nitrogen and oxygen atoms in total. The smallest absolute Gasteiger partial charge is 0.305 e. The first-order valence-electron chi connectivity index (χ1n) is 5.95. The summed E-state index contributed by atoms with van der Waals surface area (Å²) >= 11 is 0. The first-order chi connectivity index (χ1) is 8.58. The maximum Gasteiger partial charge on any atom is 0.305 e. The van der Waals surface area contributed by atoms with Crippen LogP contribution in [0.15, 0.2) is 24.3 Å². The first-order valence-corrected chi connectivity index (χ1v) is 5.95. The Morgan fingerprint density at radius 1 is 1.39 bits per heavy atom. The molecule has 0 aromatic heterocycles. The minimum absolute atomic E-state index is 0.0533. The molecule has 0 saturated heterocycles. The van der Waals surface area contributed by atoms with E-state index in [-0.39, 0.29) is 12.5 Å². The average molecular weight is 248 g/mol. The topological polar surface area (TPSA) is 92.4 Å². The lowest BCUT2D eigenvalue weighted by atomic mass is 10.1. The Kier molecular flexibility index (Phi) is 3.50. The third kappa shape index (κ3) is 3.00. The summed E-state index contributed by atoms with van der Waals surface area (Å²) in [5, 5.41) is 12.0. The van der Waals surface area contributed by atoms with Crippen molar-refractivity contribution in [1.29, 1.82) is 0 Å². The number of nitrogens with one attached hydrogen (secondary N) is 1. The molecule has 1 aromatic carbocycles. The van der Waals surface area contributed by atoms with Gasteiger partial charge in [-0.25, -0.2) is 0 Å². The van der Waals surface area contributed by atoms with E-state index in [0.717, 1.165) is 12.8 Å². The van der Waals surface area contributed by atoms with Crippen LogP contribution in [0.3, 0.4) is 0 Å². The van der Waals surface area contributed by atoms with Crippen molar-refractivity contribution in [3.8, 4) is 0 Å². The highest BCUT2D eigenvalue weighted by atomic mass is 16.4. The molecule has 1 saturated carbocycles. The SMILES string of the molecule is NC(=O)c1ccccc1NC(CC(=O)O)C1CC1. The lowest BCUT2D eigenvalue weighted by Gasteiger charge is -2.19. The zero-order valence-corrected chi connectivity index (χ0v) is 9.93. The summed E-state index contributed by atoms with van der Waals surface area (Å²) in [5.41, 5.74) is 6.30. The van der Waals surface area contributed by atoms with Crippen LogP contribution in [0, 0.1) is 5.92 Å². The van der Waals surface area contributed by atoms with Crippen LogP contribution in [0.5, 0.6) is 0 Å². The van der Waals surface area contributed by atoms with E-state index < -0.39 is 11.9 Å². The van der Waals surface area contributed by atoms with Crippen molar-refractivity contribution >= 4 is 17.6 Å². The fraction of sp³-hybridized carbons (Fsp3) is 0.385. The van der Waals surface area contributed by atoms with Gasteiger partial charge in [-0.05, 0) is 30.9 Å². The molecular weight excluding hydrogens is 232 g/mol. The van der Waals surface area contributed by atoms with Gasteiger partial charge in [0.15, 0.2) is 0 Å². The molecule has 2 rings (SSSR count). The maximum absolute atomic E-state index is 11.3. The van der Waals surface area contributed by atoms with E-state index in [0.29, 0.717) is 17.2 Å². The van der Waals surface area contributed by atoms with Crippen molar-refractivity contribution in [2.75, 3.05) is 5.32 Å². The monoisotopic (exact) mass is 248 g/mol. The Bertz CT molecular complexity index is 469. The number of hydrogen-bond acceptors (Lipinski definition) is 3. The number of hydrogen-bond donors (Lipinski definition) is 3. The van der Waals surface area contributed by atoms with E-state index in [2.05, 4.69) is 5.32 Å². The van der Waals surface area contributed by atoms with Gasteiger partial charge in [0.1, 0.15) is 0 Å². The van der Waals surface area contributed by atoms with Gasteiger partial charge in [0.05, 0.1) is 12.0 Å². The van der Waals surface area contributed by atoms with Gasteiger partial charge in [0, 0.05) is 11.7 Å². The lowest BCUT2D eigenvalue weighted by molar-refractivity contribution is -0.137. The maximum atomic E-state index is 11.3. The fourth-order valence-electron chi connectivity index (χ4n) is 2.05. The lowest BCUT2D eigenvalue weighted by Crippen LogP contribution is -2.27. The van der Waals surface area contributed by atoms with Gasteiger partial charge in [0.25, 0.3) is 5.91 Å². The van der Waals surface area contributed by atoms with Crippen molar-refractivity contribution < 1.29 is 14.7 Å². The van der Waals surface area contributed by atoms with Gasteiger partial charge in [-0.3, -0.25) is 9.59 Å². The number of para-hydroxylation sites is 1. The van der Waals surface area contributed by atoms with Crippen molar-refractivity contribution in [1.82, 2.24) is 0 Å². The van der Waals surface area contributed by atoms with Crippen LogP contribution in [0.4, 0.5) is 5.69 Å². The van der Waals surface area contributed by atoms with Crippen LogP contribution in [-0.4, -0.2) is 23.0 Å². The molecule has 1 fully saturated rings. The predicted octanol–water partition coefficient (Wildman–Crippen LogP) is 1.45. The number of carboxylic acids is 1. The molecule has 1 aliphatic carbocycles. The molecule has 0 radical (unpaired) electrons. The van der Waals surface area contributed by atoms with Crippen molar-refractivity contribution in [2.45, 2.75) is 25.3 Å². The number of anilines is 1. The van der Waals surface area contributed by atoms with Gasteiger partial charge in [0.2, 0.25) is 0 Å². The number of rotatable bonds is 6. The minimum Gasteiger partial charge on any atom is -0.481 e. The van der Waals surface area contributed by atoms with Crippen molar-refractivity contribution in [3.63, 3.8) is 0 Å². The zero-order chi connectivity index (χ0) is 13.1. The highest BCUT2D eigenvalue weighted by Gasteiger charge is 2.33. The highest BCUT2D eigenvalue weighted by Crippen LogP contribution is 2.36. The van der Waals surface area contributed by atoms with Gasteiger partial charge < -0.3 is 16.2 Å². The number of carbonyl (C=O) groups is 2. The van der Waals surface area contributed by atoms with E-state index in [1.165, 1.54) is 0 Å². The Labute approximate surface area is 105 Å². The van der Waals surface area contributed by atoms with E-state index >= 15 is 0 Å². The molecule has 1 atom stereocenters. The number of aliphatic carboxylic acids is 1. The van der Waals surface area contributed by atoms with E-state index in [9.17, 15) is 9.59 Å². The van der Waals surface area contributed by atoms with E-state index in [1.807, 2.05) is 0 Å². The van der Waals surface area contributed by atoms with Crippen LogP contribution in [0.2, 0.25) is 0 Å². The van der Waals surface area contributed by atoms with Crippen molar-refractivity contribution in [3.05, 3.63) is 29.8 Å². The summed E-state index contributed by atoms with van der Waals surface area (Å²) in [6.45, 7) is 0. The van der Waals surface area contributed by atoms with Gasteiger partial charge in [-0.2, -0.15) is 0 Å². The fourth-order valence-corrected chi connectivity index (χ4v) is 2.05. The molecular formula is C13H16N2O3. The summed E-state index contributed by atoms with van der Waals surface area (Å²) in [4.78, 5) is 22.1. The molecule has 0 aliphatic heterocycles. The summed E-state index contributed by atoms with van der Waals surface area (Å²) in [5.74, 6) is -0.971. The second kappa shape index (κ2) is 5.08. The third-order valence-corrected chi connectivity index (χ3v) is 3.12. The van der Waals surface area contributed by atoms with E-state index in [4.69, 9.17) is 10.8 Å². The van der Waals surface area contributed by atoms with Crippen LogP contribution < -0.4 is 11.1 Å². The number of carbonyl (C=O) groups excluding carboxylic acids is 1. The standard InChI is InChI=1S/C13H16N2O3/c14-13(18)9-3-1-2-4-10(9)15-11(7-12(16)17)8-5-6-8/h1-4,8,11,15H,5-7H2,(H2,14,18)(H,16,17). The largest absolute Gasteiger partial charge is 0.481 e. The van der Waals surface area contributed by atoms with Crippen LogP contribution in [0.1, 0.15) is 29.6 Å². The number of nitrogens with two attached hydrogens (primary N) is 1. The summed E-state index contributed by atoms with van der Waals surface area (Å²) in [6.07, 6.45) is 2.12. The molecule has 0 heterocycles. The molecule has 96 valence electrons. The number of benzene rings is 1. The highest BCUT2D eigenvalue weighted by molar-refractivity contribution is 5.98. The number of carboxylic acid groups (broad SMARTS) is 1. The summed E-state index contributed by atoms with van der Waals surface area (Å²) in [7, 11) is 0. The molecule has 1 aromatic rings. The van der Waals surface area contributed by atoms with Crippen LogP contribution in [-0.2, 0) is 4.79 Å². The summed E-state index contributed by atoms with van der Waals surface area (Å²) < 4.78 is 0. The van der Waals surface area contributed by atoms with E-state index in [1.54, 1.807) is 24.3 Å². The second-order valence-corrected chi connectivity index (χ2v) is 4.60. The minimum atomic E-state index is -0.837. The number of primary amides is 1. The molecule has 18 heavy (non-hydrogen) atoms. The predicted molar refractivity (Wildman–Crippen MR) is 67.3 cm³/mol. The number of amides is 1. The molecule has 0 spiro atoms. The quantitative estimate of drug-likeness (QED) is 0.710. The Morgan fingerprint density at radius 3 is 2.61 bits per heavy atom. The Hall–Kier alpha value is -2.04. The average Bonchev–Trinajstić information content (AvgIpc) is 3.11. The normalized spacial score (nSPS) is 16.0. The molecule has 1 unspecified atom stereocenters. The molecule has 4 N–H and O–H groups in total. The molecule has 5 heteroatoms. The van der Waals surface area contributed by atoms with Crippen LogP contribution in [0.25, 0.3) is 0 Å². The Balaban J connectivity index is 2.15. The Morgan fingerprint density at radius 2 is 2.06 bits per heavy atom. The molecule has 1 aliphatic rings. The zero-order valence-electron chi connectivity index (χ0n) is 9.93. The third-order valence-electron chi connectivity index (χ3n) is 3.12. The first kappa shape index (κ1) is 12.4. The van der Waals surface area contributed by atoms with Gasteiger partial charge in [-0.15, -0.1) is 0 Å².